The minimum absolute atomic E-state index is 0.0153. The van der Waals surface area contributed by atoms with Crippen LogP contribution in [0, 0.1) is 0 Å². The summed E-state index contributed by atoms with van der Waals surface area (Å²) >= 11 is 6.48. The van der Waals surface area contributed by atoms with E-state index in [4.69, 9.17) is 17.2 Å². The van der Waals surface area contributed by atoms with E-state index in [0.717, 1.165) is 26.6 Å². The molecule has 1 fully saturated rings. The molecule has 0 bridgehead atoms. The second-order valence-electron chi connectivity index (χ2n) is 7.43. The van der Waals surface area contributed by atoms with E-state index in [9.17, 15) is 8.42 Å². The molecule has 0 spiro atoms. The lowest BCUT2D eigenvalue weighted by molar-refractivity contribution is 0.388. The third-order valence-electron chi connectivity index (χ3n) is 4.34. The van der Waals surface area contributed by atoms with Gasteiger partial charge in [-0.2, -0.15) is 9.30 Å². The van der Waals surface area contributed by atoms with Gasteiger partial charge in [-0.15, -0.1) is 11.3 Å². The standard InChI is InChI=1S/C17H22N4O2S3/c1-17(2,3)16-19-13-9-14(12(18-11-24)10-15(13)25-16)20-5-7-21(8-6-20)26(4,22)23/h9-10H,5-8H2,1-4H3. The molecule has 1 aromatic carbocycles. The Labute approximate surface area is 163 Å². The van der Waals surface area contributed by atoms with E-state index in [1.165, 1.54) is 10.6 Å². The molecule has 1 aromatic heterocycles. The first-order valence-electron chi connectivity index (χ1n) is 8.32. The van der Waals surface area contributed by atoms with E-state index >= 15 is 0 Å². The Morgan fingerprint density at radius 3 is 2.42 bits per heavy atom. The zero-order valence-electron chi connectivity index (χ0n) is 15.3. The third-order valence-corrected chi connectivity index (χ3v) is 7.18. The van der Waals surface area contributed by atoms with Crippen LogP contribution in [0.5, 0.6) is 0 Å². The van der Waals surface area contributed by atoms with Gasteiger partial charge in [-0.1, -0.05) is 20.8 Å². The molecule has 0 saturated carbocycles. The van der Waals surface area contributed by atoms with Crippen molar-refractivity contribution in [1.82, 2.24) is 9.29 Å². The predicted molar refractivity (Wildman–Crippen MR) is 112 cm³/mol. The maximum Gasteiger partial charge on any atom is 0.211 e. The minimum Gasteiger partial charge on any atom is -0.367 e. The maximum absolute atomic E-state index is 11.7. The number of rotatable bonds is 3. The Morgan fingerprint density at radius 2 is 1.88 bits per heavy atom. The van der Waals surface area contributed by atoms with Crippen LogP contribution in [0.1, 0.15) is 25.8 Å². The Balaban J connectivity index is 1.99. The SMILES string of the molecule is CC(C)(C)c1nc2cc(N3CCN(S(C)(=O)=O)CC3)c(N=C=S)cc2s1. The average molecular weight is 411 g/mol. The number of hydrogen-bond acceptors (Lipinski definition) is 7. The first-order chi connectivity index (χ1) is 12.1. The molecular formula is C17H22N4O2S3. The molecule has 1 aliphatic heterocycles. The molecule has 9 heteroatoms. The second kappa shape index (κ2) is 6.98. The number of anilines is 1. The van der Waals surface area contributed by atoms with Crippen molar-refractivity contribution in [2.75, 3.05) is 37.3 Å². The Morgan fingerprint density at radius 1 is 1.23 bits per heavy atom. The van der Waals surface area contributed by atoms with E-state index in [0.29, 0.717) is 26.2 Å². The van der Waals surface area contributed by atoms with E-state index in [1.54, 1.807) is 11.3 Å². The fourth-order valence-corrected chi connectivity index (χ4v) is 4.89. The van der Waals surface area contributed by atoms with E-state index in [1.807, 2.05) is 12.1 Å². The number of isothiocyanates is 1. The van der Waals surface area contributed by atoms with Crippen LogP contribution >= 0.6 is 23.6 Å². The molecule has 0 amide bonds. The molecule has 1 aliphatic rings. The third kappa shape index (κ3) is 3.97. The van der Waals surface area contributed by atoms with Crippen molar-refractivity contribution in [2.24, 2.45) is 4.99 Å². The highest BCUT2D eigenvalue weighted by molar-refractivity contribution is 7.88. The molecule has 6 nitrogen and oxygen atoms in total. The van der Waals surface area contributed by atoms with Gasteiger partial charge in [-0.3, -0.25) is 0 Å². The molecule has 26 heavy (non-hydrogen) atoms. The van der Waals surface area contributed by atoms with Gasteiger partial charge in [0.2, 0.25) is 10.0 Å². The molecule has 0 unspecified atom stereocenters. The van der Waals surface area contributed by atoms with E-state index in [2.05, 4.69) is 35.8 Å². The van der Waals surface area contributed by atoms with Crippen LogP contribution in [0.25, 0.3) is 10.2 Å². The number of thiocarbonyl (C=S) groups is 1. The summed E-state index contributed by atoms with van der Waals surface area (Å²) in [7, 11) is -3.16. The Kier molecular flexibility index (Phi) is 5.20. The van der Waals surface area contributed by atoms with Gasteiger partial charge in [0, 0.05) is 31.6 Å². The molecule has 0 atom stereocenters. The first-order valence-corrected chi connectivity index (χ1v) is 11.4. The zero-order valence-corrected chi connectivity index (χ0v) is 17.8. The van der Waals surface area contributed by atoms with Crippen molar-refractivity contribution in [2.45, 2.75) is 26.2 Å². The Bertz CT molecular complexity index is 977. The van der Waals surface area contributed by atoms with Crippen LogP contribution in [0.2, 0.25) is 0 Å². The summed E-state index contributed by atoms with van der Waals surface area (Å²) in [6, 6.07) is 4.03. The van der Waals surface area contributed by atoms with Crippen LogP contribution < -0.4 is 4.90 Å². The number of fused-ring (bicyclic) bond motifs is 1. The first kappa shape index (κ1) is 19.4. The molecule has 2 aromatic rings. The second-order valence-corrected chi connectivity index (χ2v) is 10.6. The van der Waals surface area contributed by atoms with Crippen LogP contribution in [0.15, 0.2) is 17.1 Å². The topological polar surface area (TPSA) is 65.9 Å². The Hall–Kier alpha value is -1.38. The molecule has 0 radical (unpaired) electrons. The largest absolute Gasteiger partial charge is 0.367 e. The lowest BCUT2D eigenvalue weighted by Gasteiger charge is -2.35. The van der Waals surface area contributed by atoms with Gasteiger partial charge in [0.05, 0.1) is 38.0 Å². The molecule has 140 valence electrons. The molecule has 0 N–H and O–H groups in total. The predicted octanol–water partition coefficient (Wildman–Crippen LogP) is 3.41. The summed E-state index contributed by atoms with van der Waals surface area (Å²) in [5.74, 6) is 0. The van der Waals surface area contributed by atoms with Crippen molar-refractivity contribution < 1.29 is 8.42 Å². The van der Waals surface area contributed by atoms with Crippen molar-refractivity contribution in [3.8, 4) is 0 Å². The summed E-state index contributed by atoms with van der Waals surface area (Å²) in [4.78, 5) is 11.2. The number of thiazole rings is 1. The summed E-state index contributed by atoms with van der Waals surface area (Å²) in [5.41, 5.74) is 2.60. The highest BCUT2D eigenvalue weighted by Crippen LogP contribution is 2.38. The van der Waals surface area contributed by atoms with Crippen molar-refractivity contribution in [1.29, 1.82) is 0 Å². The highest BCUT2D eigenvalue weighted by Gasteiger charge is 2.26. The van der Waals surface area contributed by atoms with Gasteiger partial charge < -0.3 is 4.90 Å². The summed E-state index contributed by atoms with van der Waals surface area (Å²) < 4.78 is 26.0. The van der Waals surface area contributed by atoms with Gasteiger partial charge in [-0.05, 0) is 24.4 Å². The normalized spacial score (nSPS) is 16.7. The fourth-order valence-electron chi connectivity index (χ4n) is 2.93. The molecule has 1 saturated heterocycles. The summed E-state index contributed by atoms with van der Waals surface area (Å²) in [6.45, 7) is 8.57. The van der Waals surface area contributed by atoms with E-state index < -0.39 is 10.0 Å². The summed E-state index contributed by atoms with van der Waals surface area (Å²) in [5, 5.41) is 3.53. The van der Waals surface area contributed by atoms with Gasteiger partial charge in [-0.25, -0.2) is 13.4 Å². The quantitative estimate of drug-likeness (QED) is 0.573. The lowest BCUT2D eigenvalue weighted by Crippen LogP contribution is -2.48. The average Bonchev–Trinajstić information content (AvgIpc) is 2.97. The summed E-state index contributed by atoms with van der Waals surface area (Å²) in [6.07, 6.45) is 1.25. The number of hydrogen-bond donors (Lipinski definition) is 0. The molecule has 0 aliphatic carbocycles. The van der Waals surface area contributed by atoms with E-state index in [-0.39, 0.29) is 5.41 Å². The highest BCUT2D eigenvalue weighted by atomic mass is 32.2. The number of benzene rings is 1. The maximum atomic E-state index is 11.7. The van der Waals surface area contributed by atoms with Gasteiger partial charge in [0.15, 0.2) is 0 Å². The zero-order chi connectivity index (χ0) is 19.1. The van der Waals surface area contributed by atoms with Gasteiger partial charge in [0.1, 0.15) is 0 Å². The number of aliphatic imine (C=N–C) groups is 1. The van der Waals surface area contributed by atoms with Crippen molar-refractivity contribution >= 4 is 60.3 Å². The number of aromatic nitrogens is 1. The van der Waals surface area contributed by atoms with Gasteiger partial charge in [0.25, 0.3) is 0 Å². The smallest absolute Gasteiger partial charge is 0.211 e. The van der Waals surface area contributed by atoms with Crippen LogP contribution in [0.4, 0.5) is 11.4 Å². The number of sulfonamides is 1. The van der Waals surface area contributed by atoms with Crippen molar-refractivity contribution in [3.05, 3.63) is 17.1 Å². The number of piperazine rings is 1. The van der Waals surface area contributed by atoms with Crippen molar-refractivity contribution in [3.63, 3.8) is 0 Å². The minimum atomic E-state index is -3.16. The lowest BCUT2D eigenvalue weighted by atomic mass is 9.98. The monoisotopic (exact) mass is 410 g/mol. The fraction of sp³-hybridized carbons (Fsp3) is 0.529. The van der Waals surface area contributed by atoms with Crippen LogP contribution in [-0.2, 0) is 15.4 Å². The molecule has 2 heterocycles. The number of nitrogens with zero attached hydrogens (tertiary/aromatic N) is 4. The van der Waals surface area contributed by atoms with Gasteiger partial charge >= 0.3 is 0 Å². The molecular weight excluding hydrogens is 388 g/mol. The van der Waals surface area contributed by atoms with Crippen LogP contribution in [-0.4, -0.2) is 55.3 Å². The molecule has 3 rings (SSSR count). The van der Waals surface area contributed by atoms with Crippen LogP contribution in [0.3, 0.4) is 0 Å².